The highest BCUT2D eigenvalue weighted by molar-refractivity contribution is 7.10. The average molecular weight is 214 g/mol. The van der Waals surface area contributed by atoms with Gasteiger partial charge in [0.15, 0.2) is 0 Å². The summed E-state index contributed by atoms with van der Waals surface area (Å²) in [6.07, 6.45) is 2.25. The van der Waals surface area contributed by atoms with Gasteiger partial charge in [-0.05, 0) is 23.6 Å². The minimum absolute atomic E-state index is 0.121. The summed E-state index contributed by atoms with van der Waals surface area (Å²) in [7, 11) is 0. The second-order valence-corrected chi connectivity index (χ2v) is 4.16. The maximum absolute atomic E-state index is 8.82. The molecule has 0 aliphatic rings. The molecule has 2 aromatic heterocycles. The van der Waals surface area contributed by atoms with Crippen LogP contribution in [0.1, 0.15) is 22.9 Å². The van der Waals surface area contributed by atoms with E-state index in [1.165, 1.54) is 4.88 Å². The Hall–Kier alpha value is -1.66. The molecule has 0 saturated heterocycles. The van der Waals surface area contributed by atoms with Crippen molar-refractivity contribution in [3.8, 4) is 6.07 Å². The van der Waals surface area contributed by atoms with Gasteiger partial charge in [0.2, 0.25) is 0 Å². The lowest BCUT2D eigenvalue weighted by molar-refractivity contribution is 0.818. The fourth-order valence-electron chi connectivity index (χ4n) is 1.51. The molecule has 1 unspecified atom stereocenters. The quantitative estimate of drug-likeness (QED) is 0.786. The Kier molecular flexibility index (Phi) is 3.11. The summed E-state index contributed by atoms with van der Waals surface area (Å²) < 4.78 is 0. The number of thiophene rings is 1. The van der Waals surface area contributed by atoms with Gasteiger partial charge in [-0.25, -0.2) is 0 Å². The van der Waals surface area contributed by atoms with E-state index >= 15 is 0 Å². The summed E-state index contributed by atoms with van der Waals surface area (Å²) in [6, 6.07) is 12.1. The number of rotatable bonds is 3. The summed E-state index contributed by atoms with van der Waals surface area (Å²) >= 11 is 1.67. The van der Waals surface area contributed by atoms with E-state index in [0.29, 0.717) is 6.42 Å². The summed E-state index contributed by atoms with van der Waals surface area (Å²) in [5.74, 6) is 0.121. The molecule has 3 heteroatoms. The molecule has 0 saturated carbocycles. The third-order valence-corrected chi connectivity index (χ3v) is 3.21. The summed E-state index contributed by atoms with van der Waals surface area (Å²) in [6.45, 7) is 0. The van der Waals surface area contributed by atoms with Gasteiger partial charge < -0.3 is 0 Å². The van der Waals surface area contributed by atoms with E-state index in [-0.39, 0.29) is 5.92 Å². The van der Waals surface area contributed by atoms with Crippen molar-refractivity contribution in [2.24, 2.45) is 0 Å². The standard InChI is InChI=1S/C12H10N2S/c13-7-6-10(12-5-3-9-15-12)11-4-1-2-8-14-11/h1-5,8-10H,6H2. The van der Waals surface area contributed by atoms with Crippen LogP contribution in [-0.2, 0) is 0 Å². The van der Waals surface area contributed by atoms with Crippen molar-refractivity contribution in [2.45, 2.75) is 12.3 Å². The zero-order valence-corrected chi connectivity index (χ0v) is 8.95. The largest absolute Gasteiger partial charge is 0.261 e. The molecule has 15 heavy (non-hydrogen) atoms. The molecule has 0 spiro atoms. The molecule has 2 heterocycles. The minimum atomic E-state index is 0.121. The van der Waals surface area contributed by atoms with E-state index in [4.69, 9.17) is 5.26 Å². The Morgan fingerprint density at radius 2 is 2.27 bits per heavy atom. The van der Waals surface area contributed by atoms with E-state index < -0.39 is 0 Å². The van der Waals surface area contributed by atoms with Crippen LogP contribution >= 0.6 is 11.3 Å². The van der Waals surface area contributed by atoms with Crippen LogP contribution in [0, 0.1) is 11.3 Å². The van der Waals surface area contributed by atoms with Gasteiger partial charge in [0.05, 0.1) is 6.07 Å². The van der Waals surface area contributed by atoms with Crippen LogP contribution in [0.2, 0.25) is 0 Å². The van der Waals surface area contributed by atoms with Crippen LogP contribution in [0.3, 0.4) is 0 Å². The van der Waals surface area contributed by atoms with E-state index in [1.54, 1.807) is 17.5 Å². The molecular formula is C12H10N2S. The van der Waals surface area contributed by atoms with Gasteiger partial charge in [-0.2, -0.15) is 5.26 Å². The first-order valence-corrected chi connectivity index (χ1v) is 5.61. The van der Waals surface area contributed by atoms with E-state index in [0.717, 1.165) is 5.69 Å². The Labute approximate surface area is 92.8 Å². The third-order valence-electron chi connectivity index (χ3n) is 2.23. The maximum atomic E-state index is 8.82. The summed E-state index contributed by atoms with van der Waals surface area (Å²) in [4.78, 5) is 5.51. The number of hydrogen-bond donors (Lipinski definition) is 0. The summed E-state index contributed by atoms with van der Waals surface area (Å²) in [5, 5.41) is 10.9. The minimum Gasteiger partial charge on any atom is -0.261 e. The van der Waals surface area contributed by atoms with Gasteiger partial charge in [0, 0.05) is 29.1 Å². The molecule has 0 aliphatic heterocycles. The smallest absolute Gasteiger partial charge is 0.0632 e. The Morgan fingerprint density at radius 1 is 1.33 bits per heavy atom. The highest BCUT2D eigenvalue weighted by atomic mass is 32.1. The highest BCUT2D eigenvalue weighted by Crippen LogP contribution is 2.29. The Bertz CT molecular complexity index is 442. The predicted octanol–water partition coefficient (Wildman–Crippen LogP) is 3.19. The Morgan fingerprint density at radius 3 is 2.87 bits per heavy atom. The van der Waals surface area contributed by atoms with Gasteiger partial charge in [0.25, 0.3) is 0 Å². The molecule has 0 N–H and O–H groups in total. The average Bonchev–Trinajstić information content (AvgIpc) is 2.80. The van der Waals surface area contributed by atoms with Gasteiger partial charge >= 0.3 is 0 Å². The molecule has 0 fully saturated rings. The molecule has 2 nitrogen and oxygen atoms in total. The van der Waals surface area contributed by atoms with Crippen LogP contribution in [0.4, 0.5) is 0 Å². The number of nitrogens with zero attached hydrogens (tertiary/aromatic N) is 2. The number of pyridine rings is 1. The van der Waals surface area contributed by atoms with Gasteiger partial charge in [0.1, 0.15) is 0 Å². The van der Waals surface area contributed by atoms with Crippen molar-refractivity contribution < 1.29 is 0 Å². The lowest BCUT2D eigenvalue weighted by Crippen LogP contribution is -2.00. The number of aromatic nitrogens is 1. The zero-order chi connectivity index (χ0) is 10.5. The molecule has 0 radical (unpaired) electrons. The van der Waals surface area contributed by atoms with Crippen LogP contribution in [0.25, 0.3) is 0 Å². The fraction of sp³-hybridized carbons (Fsp3) is 0.167. The third kappa shape index (κ3) is 2.23. The summed E-state index contributed by atoms with van der Waals surface area (Å²) in [5.41, 5.74) is 0.974. The molecule has 1 atom stereocenters. The lowest BCUT2D eigenvalue weighted by Gasteiger charge is -2.10. The maximum Gasteiger partial charge on any atom is 0.0632 e. The van der Waals surface area contributed by atoms with Crippen LogP contribution in [0.15, 0.2) is 41.9 Å². The molecular weight excluding hydrogens is 204 g/mol. The predicted molar refractivity (Wildman–Crippen MR) is 60.6 cm³/mol. The molecule has 0 aromatic carbocycles. The van der Waals surface area contributed by atoms with Crippen molar-refractivity contribution in [2.75, 3.05) is 0 Å². The number of nitriles is 1. The molecule has 2 aromatic rings. The highest BCUT2D eigenvalue weighted by Gasteiger charge is 2.15. The van der Waals surface area contributed by atoms with Crippen molar-refractivity contribution in [1.82, 2.24) is 4.98 Å². The van der Waals surface area contributed by atoms with Crippen molar-refractivity contribution in [3.05, 3.63) is 52.5 Å². The SMILES string of the molecule is N#CCC(c1ccccn1)c1cccs1. The number of hydrogen-bond acceptors (Lipinski definition) is 3. The van der Waals surface area contributed by atoms with Crippen LogP contribution in [0.5, 0.6) is 0 Å². The molecule has 0 aliphatic carbocycles. The van der Waals surface area contributed by atoms with Crippen LogP contribution in [-0.4, -0.2) is 4.98 Å². The van der Waals surface area contributed by atoms with E-state index in [2.05, 4.69) is 17.1 Å². The van der Waals surface area contributed by atoms with Gasteiger partial charge in [-0.15, -0.1) is 11.3 Å². The Balaban J connectivity index is 2.33. The molecule has 74 valence electrons. The fourth-order valence-corrected chi connectivity index (χ4v) is 2.35. The molecule has 2 rings (SSSR count). The van der Waals surface area contributed by atoms with Gasteiger partial charge in [-0.1, -0.05) is 12.1 Å². The normalized spacial score (nSPS) is 11.9. The molecule has 0 amide bonds. The first-order valence-electron chi connectivity index (χ1n) is 4.73. The topological polar surface area (TPSA) is 36.7 Å². The lowest BCUT2D eigenvalue weighted by atomic mass is 10.00. The first kappa shape index (κ1) is 9.88. The monoisotopic (exact) mass is 214 g/mol. The van der Waals surface area contributed by atoms with Crippen LogP contribution < -0.4 is 0 Å². The van der Waals surface area contributed by atoms with Gasteiger partial charge in [-0.3, -0.25) is 4.98 Å². The van der Waals surface area contributed by atoms with Crippen molar-refractivity contribution >= 4 is 11.3 Å². The van der Waals surface area contributed by atoms with Crippen molar-refractivity contribution in [1.29, 1.82) is 5.26 Å². The second kappa shape index (κ2) is 4.72. The van der Waals surface area contributed by atoms with E-state index in [9.17, 15) is 0 Å². The van der Waals surface area contributed by atoms with Crippen molar-refractivity contribution in [3.63, 3.8) is 0 Å². The zero-order valence-electron chi connectivity index (χ0n) is 8.13. The second-order valence-electron chi connectivity index (χ2n) is 3.18. The molecule has 0 bridgehead atoms. The first-order chi connectivity index (χ1) is 7.42. The van der Waals surface area contributed by atoms with E-state index in [1.807, 2.05) is 29.6 Å².